The Bertz CT molecular complexity index is 430. The highest BCUT2D eigenvalue weighted by molar-refractivity contribution is 5.77. The first kappa shape index (κ1) is 14.5. The molecule has 1 aromatic carbocycles. The molecule has 1 amide bonds. The molecular weight excluding hydrogens is 247 g/mol. The van der Waals surface area contributed by atoms with Gasteiger partial charge in [0, 0.05) is 0 Å². The quantitative estimate of drug-likeness (QED) is 0.845. The smallest absolute Gasteiger partial charge is 0.272 e. The summed E-state index contributed by atoms with van der Waals surface area (Å²) in [7, 11) is 0. The fourth-order valence-electron chi connectivity index (χ4n) is 1.40. The number of alkyl halides is 3. The largest absolute Gasteiger partial charge is 0.414 e. The summed E-state index contributed by atoms with van der Waals surface area (Å²) >= 11 is 0. The van der Waals surface area contributed by atoms with Crippen LogP contribution in [0.5, 0.6) is 0 Å². The van der Waals surface area contributed by atoms with Crippen LogP contribution in [0.2, 0.25) is 0 Å². The zero-order chi connectivity index (χ0) is 13.8. The predicted molar refractivity (Wildman–Crippen MR) is 59.8 cm³/mol. The zero-order valence-electron chi connectivity index (χ0n) is 10.1. The number of rotatable bonds is 4. The second-order valence-electron chi connectivity index (χ2n) is 4.04. The maximum Gasteiger partial charge on any atom is 0.414 e. The lowest BCUT2D eigenvalue weighted by Gasteiger charge is -2.09. The Balaban J connectivity index is 2.47. The van der Waals surface area contributed by atoms with Gasteiger partial charge in [0.25, 0.3) is 0 Å². The standard InChI is InChI=1S/C12H14F3NO2/c1-8-3-4-9(2)10(5-8)6-11(17)16-18-7-12(13,14)15/h3-5H,6-7H2,1-2H3,(H,16,17). The highest BCUT2D eigenvalue weighted by Crippen LogP contribution is 2.14. The summed E-state index contributed by atoms with van der Waals surface area (Å²) in [5.74, 6) is -0.604. The molecule has 100 valence electrons. The van der Waals surface area contributed by atoms with Crippen molar-refractivity contribution in [1.29, 1.82) is 0 Å². The van der Waals surface area contributed by atoms with Crippen molar-refractivity contribution < 1.29 is 22.8 Å². The first-order chi connectivity index (χ1) is 8.28. The van der Waals surface area contributed by atoms with Gasteiger partial charge in [0.15, 0.2) is 6.61 Å². The fourth-order valence-corrected chi connectivity index (χ4v) is 1.40. The van der Waals surface area contributed by atoms with E-state index in [1.54, 1.807) is 5.48 Å². The summed E-state index contributed by atoms with van der Waals surface area (Å²) in [5, 5.41) is 0. The van der Waals surface area contributed by atoms with Crippen LogP contribution in [0.1, 0.15) is 16.7 Å². The molecule has 0 aromatic heterocycles. The van der Waals surface area contributed by atoms with Gasteiger partial charge in [-0.05, 0) is 25.0 Å². The lowest BCUT2D eigenvalue weighted by atomic mass is 10.0. The fraction of sp³-hybridized carbons (Fsp3) is 0.417. The maximum atomic E-state index is 11.8. The molecule has 0 heterocycles. The van der Waals surface area contributed by atoms with Crippen LogP contribution in [0.3, 0.4) is 0 Å². The van der Waals surface area contributed by atoms with E-state index >= 15 is 0 Å². The molecule has 0 unspecified atom stereocenters. The van der Waals surface area contributed by atoms with Gasteiger partial charge in [-0.15, -0.1) is 0 Å². The third-order valence-corrected chi connectivity index (χ3v) is 2.28. The van der Waals surface area contributed by atoms with Gasteiger partial charge < -0.3 is 0 Å². The van der Waals surface area contributed by atoms with Gasteiger partial charge in [-0.1, -0.05) is 23.8 Å². The van der Waals surface area contributed by atoms with Crippen molar-refractivity contribution in [2.24, 2.45) is 0 Å². The Kier molecular flexibility index (Phi) is 4.72. The highest BCUT2D eigenvalue weighted by atomic mass is 19.4. The minimum atomic E-state index is -4.45. The average molecular weight is 261 g/mol. The summed E-state index contributed by atoms with van der Waals surface area (Å²) in [6, 6.07) is 5.57. The summed E-state index contributed by atoms with van der Waals surface area (Å²) in [4.78, 5) is 15.4. The topological polar surface area (TPSA) is 38.3 Å². The zero-order valence-corrected chi connectivity index (χ0v) is 10.1. The maximum absolute atomic E-state index is 11.8. The molecule has 1 N–H and O–H groups in total. The minimum Gasteiger partial charge on any atom is -0.272 e. The van der Waals surface area contributed by atoms with Crippen LogP contribution < -0.4 is 5.48 Å². The molecule has 0 saturated heterocycles. The molecule has 0 fully saturated rings. The number of halogens is 3. The first-order valence-corrected chi connectivity index (χ1v) is 5.31. The third-order valence-electron chi connectivity index (χ3n) is 2.28. The van der Waals surface area contributed by atoms with Gasteiger partial charge in [0.1, 0.15) is 0 Å². The molecule has 0 bridgehead atoms. The number of aryl methyl sites for hydroxylation is 2. The third kappa shape index (κ3) is 5.18. The second kappa shape index (κ2) is 5.86. The molecule has 1 rings (SSSR count). The first-order valence-electron chi connectivity index (χ1n) is 5.31. The molecule has 3 nitrogen and oxygen atoms in total. The van der Waals surface area contributed by atoms with Crippen molar-refractivity contribution in [3.8, 4) is 0 Å². The number of hydroxylamine groups is 1. The van der Waals surface area contributed by atoms with E-state index in [0.717, 1.165) is 16.7 Å². The molecule has 1 aromatic rings. The van der Waals surface area contributed by atoms with Gasteiger partial charge in [0.2, 0.25) is 5.91 Å². The number of benzene rings is 1. The number of nitrogens with one attached hydrogen (secondary N) is 1. The molecule has 0 aliphatic carbocycles. The number of carbonyl (C=O) groups excluding carboxylic acids is 1. The van der Waals surface area contributed by atoms with E-state index in [1.165, 1.54) is 0 Å². The van der Waals surface area contributed by atoms with Crippen LogP contribution in [-0.2, 0) is 16.1 Å². The Morgan fingerprint density at radius 2 is 2.00 bits per heavy atom. The van der Waals surface area contributed by atoms with Crippen molar-refractivity contribution in [3.63, 3.8) is 0 Å². The Labute approximate surface area is 103 Å². The van der Waals surface area contributed by atoms with Crippen molar-refractivity contribution in [2.45, 2.75) is 26.4 Å². The van der Waals surface area contributed by atoms with E-state index < -0.39 is 18.7 Å². The van der Waals surface area contributed by atoms with Crippen molar-refractivity contribution in [3.05, 3.63) is 34.9 Å². The summed E-state index contributed by atoms with van der Waals surface area (Å²) in [6.45, 7) is 2.21. The van der Waals surface area contributed by atoms with E-state index in [2.05, 4.69) is 4.84 Å². The summed E-state index contributed by atoms with van der Waals surface area (Å²) in [5.41, 5.74) is 4.44. The number of hydrogen-bond acceptors (Lipinski definition) is 2. The number of carbonyl (C=O) groups is 1. The molecule has 0 atom stereocenters. The second-order valence-corrected chi connectivity index (χ2v) is 4.04. The molecule has 18 heavy (non-hydrogen) atoms. The normalized spacial score (nSPS) is 11.4. The van der Waals surface area contributed by atoms with Crippen molar-refractivity contribution >= 4 is 5.91 Å². The van der Waals surface area contributed by atoms with Gasteiger partial charge >= 0.3 is 6.18 Å². The Morgan fingerprint density at radius 1 is 1.33 bits per heavy atom. The molecule has 6 heteroatoms. The number of amides is 1. The molecule has 0 saturated carbocycles. The van der Waals surface area contributed by atoms with Gasteiger partial charge in [-0.25, -0.2) is 5.48 Å². The molecule has 0 spiro atoms. The monoisotopic (exact) mass is 261 g/mol. The van der Waals surface area contributed by atoms with Crippen molar-refractivity contribution in [1.82, 2.24) is 5.48 Å². The van der Waals surface area contributed by atoms with E-state index in [4.69, 9.17) is 0 Å². The van der Waals surface area contributed by atoms with E-state index in [-0.39, 0.29) is 6.42 Å². The van der Waals surface area contributed by atoms with Crippen LogP contribution in [0, 0.1) is 13.8 Å². The summed E-state index contributed by atoms with van der Waals surface area (Å²) < 4.78 is 35.3. The van der Waals surface area contributed by atoms with Gasteiger partial charge in [-0.3, -0.25) is 9.63 Å². The molecular formula is C12H14F3NO2. The molecule has 0 aliphatic heterocycles. The Morgan fingerprint density at radius 3 is 2.61 bits per heavy atom. The van der Waals surface area contributed by atoms with Crippen LogP contribution in [0.15, 0.2) is 18.2 Å². The predicted octanol–water partition coefficient (Wildman–Crippen LogP) is 2.46. The van der Waals surface area contributed by atoms with E-state index in [1.807, 2.05) is 32.0 Å². The minimum absolute atomic E-state index is 0.00856. The highest BCUT2D eigenvalue weighted by Gasteiger charge is 2.28. The molecule has 0 radical (unpaired) electrons. The molecule has 0 aliphatic rings. The van der Waals surface area contributed by atoms with Crippen LogP contribution >= 0.6 is 0 Å². The Hall–Kier alpha value is -1.56. The van der Waals surface area contributed by atoms with E-state index in [9.17, 15) is 18.0 Å². The summed E-state index contributed by atoms with van der Waals surface area (Å²) in [6.07, 6.45) is -4.46. The van der Waals surface area contributed by atoms with Gasteiger partial charge in [-0.2, -0.15) is 13.2 Å². The van der Waals surface area contributed by atoms with E-state index in [0.29, 0.717) is 0 Å². The van der Waals surface area contributed by atoms with Crippen LogP contribution in [-0.4, -0.2) is 18.7 Å². The average Bonchev–Trinajstić information content (AvgIpc) is 2.21. The van der Waals surface area contributed by atoms with Gasteiger partial charge in [0.05, 0.1) is 6.42 Å². The SMILES string of the molecule is Cc1ccc(C)c(CC(=O)NOCC(F)(F)F)c1. The number of hydrogen-bond donors (Lipinski definition) is 1. The van der Waals surface area contributed by atoms with Crippen molar-refractivity contribution in [2.75, 3.05) is 6.61 Å². The van der Waals surface area contributed by atoms with Crippen LogP contribution in [0.25, 0.3) is 0 Å². The lowest BCUT2D eigenvalue weighted by molar-refractivity contribution is -0.191. The lowest BCUT2D eigenvalue weighted by Crippen LogP contribution is -2.30. The van der Waals surface area contributed by atoms with Crippen LogP contribution in [0.4, 0.5) is 13.2 Å².